The Bertz CT molecular complexity index is 411. The lowest BCUT2D eigenvalue weighted by atomic mass is 10.1. The van der Waals surface area contributed by atoms with E-state index in [0.717, 1.165) is 43.0 Å². The molecule has 1 fully saturated rings. The fourth-order valence-electron chi connectivity index (χ4n) is 2.52. The van der Waals surface area contributed by atoms with Crippen LogP contribution in [0.5, 0.6) is 0 Å². The molecule has 2 rings (SSSR count). The fourth-order valence-corrected chi connectivity index (χ4v) is 3.06. The molecule has 2 heterocycles. The number of aromatic nitrogens is 2. The normalized spacial score (nSPS) is 22.6. The maximum atomic E-state index is 5.90. The summed E-state index contributed by atoms with van der Waals surface area (Å²) in [5.41, 5.74) is 3.94. The van der Waals surface area contributed by atoms with Crippen LogP contribution in [-0.2, 0) is 11.3 Å². The highest BCUT2D eigenvalue weighted by atomic mass is 79.9. The molecule has 0 amide bonds. The first-order chi connectivity index (χ1) is 9.21. The van der Waals surface area contributed by atoms with Gasteiger partial charge in [0.25, 0.3) is 0 Å². The van der Waals surface area contributed by atoms with Crippen molar-refractivity contribution in [3.05, 3.63) is 16.4 Å². The monoisotopic (exact) mass is 331 g/mol. The van der Waals surface area contributed by atoms with Crippen molar-refractivity contribution in [2.24, 2.45) is 5.84 Å². The minimum Gasteiger partial charge on any atom is -0.373 e. The third-order valence-electron chi connectivity index (χ3n) is 3.60. The van der Waals surface area contributed by atoms with Gasteiger partial charge in [0, 0.05) is 19.6 Å². The van der Waals surface area contributed by atoms with Crippen molar-refractivity contribution in [3.63, 3.8) is 0 Å². The van der Waals surface area contributed by atoms with E-state index in [0.29, 0.717) is 0 Å². The van der Waals surface area contributed by atoms with Gasteiger partial charge in [-0.15, -0.1) is 0 Å². The second-order valence-electron chi connectivity index (χ2n) is 4.64. The molecular formula is C12H22BrN5O. The van der Waals surface area contributed by atoms with E-state index >= 15 is 0 Å². The molecule has 1 aliphatic rings. The van der Waals surface area contributed by atoms with Gasteiger partial charge in [-0.05, 0) is 29.4 Å². The zero-order valence-electron chi connectivity index (χ0n) is 11.5. The molecule has 0 aliphatic carbocycles. The number of aryl methyl sites for hydroxylation is 1. The Hall–Kier alpha value is -0.470. The number of rotatable bonds is 5. The Morgan fingerprint density at radius 1 is 1.58 bits per heavy atom. The number of nitrogens with two attached hydrogens (primary N) is 1. The number of halogens is 1. The number of nitrogens with one attached hydrogen (secondary N) is 1. The standard InChI is InChI=1S/C12H22BrN5O/c1-3-17-5-6-19-10(8-17)11(16-14)12-9(13)7-15-18(12)4-2/h7,10-11,16H,3-6,8,14H2,1-2H3. The minimum absolute atomic E-state index is 0.0389. The molecule has 0 spiro atoms. The van der Waals surface area contributed by atoms with Crippen molar-refractivity contribution >= 4 is 15.9 Å². The van der Waals surface area contributed by atoms with Crippen LogP contribution in [0.1, 0.15) is 25.6 Å². The quantitative estimate of drug-likeness (QED) is 0.619. The number of morpholine rings is 1. The minimum atomic E-state index is -0.0637. The molecule has 2 atom stereocenters. The number of ether oxygens (including phenoxy) is 1. The van der Waals surface area contributed by atoms with Crippen LogP contribution in [0.4, 0.5) is 0 Å². The molecule has 6 nitrogen and oxygen atoms in total. The fraction of sp³-hybridized carbons (Fsp3) is 0.750. The zero-order chi connectivity index (χ0) is 13.8. The summed E-state index contributed by atoms with van der Waals surface area (Å²) in [5, 5.41) is 4.34. The van der Waals surface area contributed by atoms with E-state index in [1.54, 1.807) is 0 Å². The van der Waals surface area contributed by atoms with Crippen LogP contribution in [0.15, 0.2) is 10.7 Å². The molecule has 3 N–H and O–H groups in total. The van der Waals surface area contributed by atoms with Gasteiger partial charge in [-0.25, -0.2) is 5.43 Å². The lowest BCUT2D eigenvalue weighted by Gasteiger charge is -2.36. The average Bonchev–Trinajstić information content (AvgIpc) is 2.82. The number of hydrogen-bond acceptors (Lipinski definition) is 5. The predicted octanol–water partition coefficient (Wildman–Crippen LogP) is 0.891. The summed E-state index contributed by atoms with van der Waals surface area (Å²) in [7, 11) is 0. The summed E-state index contributed by atoms with van der Waals surface area (Å²) in [6, 6.07) is -0.0637. The molecule has 108 valence electrons. The molecule has 0 saturated carbocycles. The second kappa shape index (κ2) is 6.81. The maximum Gasteiger partial charge on any atom is 0.0925 e. The van der Waals surface area contributed by atoms with Gasteiger partial charge in [0.15, 0.2) is 0 Å². The largest absolute Gasteiger partial charge is 0.373 e. The van der Waals surface area contributed by atoms with Crippen LogP contribution in [0.2, 0.25) is 0 Å². The van der Waals surface area contributed by atoms with Crippen molar-refractivity contribution in [3.8, 4) is 0 Å². The summed E-state index contributed by atoms with van der Waals surface area (Å²) in [4.78, 5) is 2.37. The van der Waals surface area contributed by atoms with Crippen molar-refractivity contribution in [2.75, 3.05) is 26.2 Å². The van der Waals surface area contributed by atoms with Gasteiger partial charge in [0.2, 0.25) is 0 Å². The molecular weight excluding hydrogens is 310 g/mol. The topological polar surface area (TPSA) is 68.3 Å². The molecule has 7 heteroatoms. The lowest BCUT2D eigenvalue weighted by Crippen LogP contribution is -2.50. The lowest BCUT2D eigenvalue weighted by molar-refractivity contribution is -0.0471. The van der Waals surface area contributed by atoms with Gasteiger partial charge in [0.1, 0.15) is 0 Å². The highest BCUT2D eigenvalue weighted by Gasteiger charge is 2.31. The number of hydrogen-bond donors (Lipinski definition) is 2. The van der Waals surface area contributed by atoms with Gasteiger partial charge < -0.3 is 4.74 Å². The van der Waals surface area contributed by atoms with Crippen LogP contribution in [0.25, 0.3) is 0 Å². The third-order valence-corrected chi connectivity index (χ3v) is 4.21. The van der Waals surface area contributed by atoms with E-state index in [1.165, 1.54) is 0 Å². The van der Waals surface area contributed by atoms with Crippen LogP contribution >= 0.6 is 15.9 Å². The first kappa shape index (κ1) is 14.9. The SMILES string of the molecule is CCN1CCOC(C(NN)c2c(Br)cnn2CC)C1. The van der Waals surface area contributed by atoms with Gasteiger partial charge in [-0.1, -0.05) is 6.92 Å². The molecule has 19 heavy (non-hydrogen) atoms. The van der Waals surface area contributed by atoms with Gasteiger partial charge >= 0.3 is 0 Å². The maximum absolute atomic E-state index is 5.90. The Kier molecular flexibility index (Phi) is 5.35. The van der Waals surface area contributed by atoms with Crippen molar-refractivity contribution in [2.45, 2.75) is 32.5 Å². The molecule has 0 bridgehead atoms. The summed E-state index contributed by atoms with van der Waals surface area (Å²) in [6.07, 6.45) is 1.85. The van der Waals surface area contributed by atoms with Gasteiger partial charge in [-0.3, -0.25) is 15.4 Å². The van der Waals surface area contributed by atoms with Crippen molar-refractivity contribution < 1.29 is 4.74 Å². The highest BCUT2D eigenvalue weighted by molar-refractivity contribution is 9.10. The Balaban J connectivity index is 2.21. The summed E-state index contributed by atoms with van der Waals surface area (Å²) in [5.74, 6) is 5.76. The Morgan fingerprint density at radius 2 is 2.37 bits per heavy atom. The molecule has 0 radical (unpaired) electrons. The first-order valence-electron chi connectivity index (χ1n) is 6.72. The molecule has 2 unspecified atom stereocenters. The van der Waals surface area contributed by atoms with Gasteiger partial charge in [-0.2, -0.15) is 5.10 Å². The average molecular weight is 332 g/mol. The summed E-state index contributed by atoms with van der Waals surface area (Å²) >= 11 is 3.55. The van der Waals surface area contributed by atoms with E-state index in [9.17, 15) is 0 Å². The Morgan fingerprint density at radius 3 is 3.00 bits per heavy atom. The summed E-state index contributed by atoms with van der Waals surface area (Å²) < 4.78 is 8.81. The molecule has 1 aromatic rings. The smallest absolute Gasteiger partial charge is 0.0925 e. The first-order valence-corrected chi connectivity index (χ1v) is 7.51. The van der Waals surface area contributed by atoms with Crippen molar-refractivity contribution in [1.29, 1.82) is 0 Å². The van der Waals surface area contributed by atoms with Crippen LogP contribution < -0.4 is 11.3 Å². The molecule has 0 aromatic carbocycles. The van der Waals surface area contributed by atoms with Crippen molar-refractivity contribution in [1.82, 2.24) is 20.1 Å². The number of hydrazine groups is 1. The van der Waals surface area contributed by atoms with Gasteiger partial charge in [0.05, 0.1) is 35.1 Å². The zero-order valence-corrected chi connectivity index (χ0v) is 13.1. The third kappa shape index (κ3) is 3.17. The highest BCUT2D eigenvalue weighted by Crippen LogP contribution is 2.28. The van der Waals surface area contributed by atoms with Crippen LogP contribution in [0.3, 0.4) is 0 Å². The Labute approximate surface area is 122 Å². The molecule has 1 aliphatic heterocycles. The second-order valence-corrected chi connectivity index (χ2v) is 5.49. The summed E-state index contributed by atoms with van der Waals surface area (Å²) in [6.45, 7) is 8.69. The predicted molar refractivity (Wildman–Crippen MR) is 77.5 cm³/mol. The molecule has 1 saturated heterocycles. The number of nitrogens with zero attached hydrogens (tertiary/aromatic N) is 3. The van der Waals surface area contributed by atoms with E-state index in [2.05, 4.69) is 45.2 Å². The van der Waals surface area contributed by atoms with Crippen LogP contribution in [0, 0.1) is 0 Å². The van der Waals surface area contributed by atoms with E-state index < -0.39 is 0 Å². The van der Waals surface area contributed by atoms with Crippen LogP contribution in [-0.4, -0.2) is 47.0 Å². The van der Waals surface area contributed by atoms with E-state index in [1.807, 2.05) is 10.9 Å². The van der Waals surface area contributed by atoms with E-state index in [4.69, 9.17) is 10.6 Å². The number of likely N-dealkylation sites (N-methyl/N-ethyl adjacent to an activating group) is 1. The molecule has 1 aromatic heterocycles. The van der Waals surface area contributed by atoms with E-state index in [-0.39, 0.29) is 12.1 Å².